The second-order valence-corrected chi connectivity index (χ2v) is 4.80. The van der Waals surface area contributed by atoms with Crippen LogP contribution in [0, 0.1) is 0 Å². The maximum Gasteiger partial charge on any atom is 0.123 e. The van der Waals surface area contributed by atoms with Crippen LogP contribution in [-0.2, 0) is 16.8 Å². The van der Waals surface area contributed by atoms with Gasteiger partial charge in [0.05, 0.1) is 14.2 Å². The number of hydrogen-bond donors (Lipinski definition) is 1. The van der Waals surface area contributed by atoms with Gasteiger partial charge < -0.3 is 9.57 Å². The van der Waals surface area contributed by atoms with Gasteiger partial charge in [0.15, 0.2) is 0 Å². The van der Waals surface area contributed by atoms with E-state index in [9.17, 15) is 0 Å². The van der Waals surface area contributed by atoms with Crippen molar-refractivity contribution >= 4 is 0 Å². The maximum atomic E-state index is 5.31. The summed E-state index contributed by atoms with van der Waals surface area (Å²) in [5.41, 5.74) is 5.39. The van der Waals surface area contributed by atoms with Crippen LogP contribution in [0.3, 0.4) is 0 Å². The van der Waals surface area contributed by atoms with Crippen LogP contribution in [-0.4, -0.2) is 14.2 Å². The molecule has 0 fully saturated rings. The second-order valence-electron chi connectivity index (χ2n) is 4.80. The maximum absolute atomic E-state index is 5.31. The number of ether oxygens (including phenoxy) is 1. The fourth-order valence-corrected chi connectivity index (χ4v) is 1.53. The Kier molecular flexibility index (Phi) is 4.33. The average Bonchev–Trinajstić information content (AvgIpc) is 2.24. The van der Waals surface area contributed by atoms with E-state index >= 15 is 0 Å². The van der Waals surface area contributed by atoms with E-state index in [0.717, 1.165) is 11.3 Å². The van der Waals surface area contributed by atoms with Crippen molar-refractivity contribution in [3.63, 3.8) is 0 Å². The molecular formula is C13H21NO2. The third-order valence-electron chi connectivity index (χ3n) is 2.55. The van der Waals surface area contributed by atoms with E-state index in [4.69, 9.17) is 9.57 Å². The molecule has 0 aromatic heterocycles. The lowest BCUT2D eigenvalue weighted by atomic mass is 9.86. The molecule has 0 saturated heterocycles. The molecule has 1 N–H and O–H groups in total. The molecule has 0 bridgehead atoms. The van der Waals surface area contributed by atoms with Crippen molar-refractivity contribution in [1.29, 1.82) is 0 Å². The van der Waals surface area contributed by atoms with E-state index in [-0.39, 0.29) is 5.41 Å². The smallest absolute Gasteiger partial charge is 0.123 e. The largest absolute Gasteiger partial charge is 0.496 e. The van der Waals surface area contributed by atoms with Crippen LogP contribution >= 0.6 is 0 Å². The molecule has 0 aliphatic heterocycles. The van der Waals surface area contributed by atoms with Crippen molar-refractivity contribution in [1.82, 2.24) is 5.48 Å². The van der Waals surface area contributed by atoms with Crippen LogP contribution in [0.5, 0.6) is 5.75 Å². The van der Waals surface area contributed by atoms with E-state index in [1.807, 2.05) is 6.07 Å². The highest BCUT2D eigenvalue weighted by molar-refractivity contribution is 5.39. The summed E-state index contributed by atoms with van der Waals surface area (Å²) in [6, 6.07) is 6.27. The summed E-state index contributed by atoms with van der Waals surface area (Å²) in [5.74, 6) is 0.887. The Labute approximate surface area is 97.7 Å². The minimum absolute atomic E-state index is 0.147. The predicted molar refractivity (Wildman–Crippen MR) is 65.5 cm³/mol. The summed E-state index contributed by atoms with van der Waals surface area (Å²) in [4.78, 5) is 4.87. The number of hydrogen-bond acceptors (Lipinski definition) is 3. The fourth-order valence-electron chi connectivity index (χ4n) is 1.53. The van der Waals surface area contributed by atoms with Crippen LogP contribution in [0.25, 0.3) is 0 Å². The third-order valence-corrected chi connectivity index (χ3v) is 2.55. The standard InChI is InChI=1S/C13H21NO2/c1-13(2,3)11-6-7-12(15-4)10(8-11)9-14-16-5/h6-8,14H,9H2,1-5H3. The van der Waals surface area contributed by atoms with E-state index in [1.54, 1.807) is 14.2 Å². The lowest BCUT2D eigenvalue weighted by Crippen LogP contribution is -2.15. The van der Waals surface area contributed by atoms with E-state index in [0.29, 0.717) is 6.54 Å². The van der Waals surface area contributed by atoms with Gasteiger partial charge in [0.1, 0.15) is 5.75 Å². The van der Waals surface area contributed by atoms with Crippen LogP contribution in [0.15, 0.2) is 18.2 Å². The highest BCUT2D eigenvalue weighted by Crippen LogP contribution is 2.27. The number of methoxy groups -OCH3 is 1. The number of benzene rings is 1. The SMILES string of the molecule is CONCc1cc(C(C)(C)C)ccc1OC. The van der Waals surface area contributed by atoms with E-state index < -0.39 is 0 Å². The van der Waals surface area contributed by atoms with Gasteiger partial charge in [0.25, 0.3) is 0 Å². The molecule has 1 aromatic carbocycles. The lowest BCUT2D eigenvalue weighted by Gasteiger charge is -2.21. The van der Waals surface area contributed by atoms with E-state index in [2.05, 4.69) is 38.4 Å². The van der Waals surface area contributed by atoms with Crippen LogP contribution in [0.1, 0.15) is 31.9 Å². The molecular weight excluding hydrogens is 202 g/mol. The summed E-state index contributed by atoms with van der Waals surface area (Å²) in [6.45, 7) is 7.23. The molecule has 0 heterocycles. The molecule has 0 atom stereocenters. The Bertz CT molecular complexity index is 342. The first-order chi connectivity index (χ1) is 7.49. The highest BCUT2D eigenvalue weighted by atomic mass is 16.6. The van der Waals surface area contributed by atoms with Gasteiger partial charge in [-0.05, 0) is 17.0 Å². The van der Waals surface area contributed by atoms with E-state index in [1.165, 1.54) is 5.56 Å². The first kappa shape index (κ1) is 13.0. The van der Waals surface area contributed by atoms with Crippen molar-refractivity contribution in [2.45, 2.75) is 32.7 Å². The van der Waals surface area contributed by atoms with Gasteiger partial charge in [-0.15, -0.1) is 0 Å². The topological polar surface area (TPSA) is 30.5 Å². The Hall–Kier alpha value is -1.06. The predicted octanol–water partition coefficient (Wildman–Crippen LogP) is 2.64. The van der Waals surface area contributed by atoms with Crippen LogP contribution in [0.2, 0.25) is 0 Å². The highest BCUT2D eigenvalue weighted by Gasteiger charge is 2.15. The third kappa shape index (κ3) is 3.22. The summed E-state index contributed by atoms with van der Waals surface area (Å²) in [7, 11) is 3.29. The molecule has 90 valence electrons. The second kappa shape index (κ2) is 5.32. The molecule has 1 rings (SSSR count). The first-order valence-electron chi connectivity index (χ1n) is 5.42. The number of nitrogens with one attached hydrogen (secondary N) is 1. The molecule has 0 aliphatic rings. The summed E-state index contributed by atoms with van der Waals surface area (Å²) in [5, 5.41) is 0. The quantitative estimate of drug-likeness (QED) is 0.796. The summed E-state index contributed by atoms with van der Waals surface area (Å²) >= 11 is 0. The summed E-state index contributed by atoms with van der Waals surface area (Å²) < 4.78 is 5.31. The fraction of sp³-hybridized carbons (Fsp3) is 0.538. The number of rotatable bonds is 4. The summed E-state index contributed by atoms with van der Waals surface area (Å²) in [6.07, 6.45) is 0. The van der Waals surface area contributed by atoms with Gasteiger partial charge in [-0.3, -0.25) is 0 Å². The molecule has 0 aliphatic carbocycles. The van der Waals surface area contributed by atoms with Crippen molar-refractivity contribution < 1.29 is 9.57 Å². The van der Waals surface area contributed by atoms with Crippen molar-refractivity contribution in [3.05, 3.63) is 29.3 Å². The molecule has 0 spiro atoms. The van der Waals surface area contributed by atoms with Crippen LogP contribution in [0.4, 0.5) is 0 Å². The first-order valence-corrected chi connectivity index (χ1v) is 5.42. The van der Waals surface area contributed by atoms with Gasteiger partial charge in [0.2, 0.25) is 0 Å². The normalized spacial score (nSPS) is 11.6. The molecule has 1 aromatic rings. The molecule has 3 nitrogen and oxygen atoms in total. The molecule has 0 amide bonds. The van der Waals surface area contributed by atoms with Gasteiger partial charge in [-0.1, -0.05) is 32.9 Å². The lowest BCUT2D eigenvalue weighted by molar-refractivity contribution is 0.0861. The van der Waals surface area contributed by atoms with Gasteiger partial charge in [0, 0.05) is 12.1 Å². The average molecular weight is 223 g/mol. The Morgan fingerprint density at radius 2 is 1.88 bits per heavy atom. The zero-order valence-corrected chi connectivity index (χ0v) is 10.8. The zero-order chi connectivity index (χ0) is 12.2. The van der Waals surface area contributed by atoms with Gasteiger partial charge >= 0.3 is 0 Å². The Morgan fingerprint density at radius 1 is 1.19 bits per heavy atom. The van der Waals surface area contributed by atoms with Crippen LogP contribution < -0.4 is 10.2 Å². The van der Waals surface area contributed by atoms with Crippen molar-refractivity contribution in [2.24, 2.45) is 0 Å². The van der Waals surface area contributed by atoms with Gasteiger partial charge in [-0.2, -0.15) is 5.48 Å². The monoisotopic (exact) mass is 223 g/mol. The molecule has 0 radical (unpaired) electrons. The Morgan fingerprint density at radius 3 is 2.38 bits per heavy atom. The molecule has 3 heteroatoms. The Balaban J connectivity index is 3.01. The minimum atomic E-state index is 0.147. The zero-order valence-electron chi connectivity index (χ0n) is 10.8. The minimum Gasteiger partial charge on any atom is -0.496 e. The molecule has 0 unspecified atom stereocenters. The number of hydroxylamine groups is 1. The molecule has 16 heavy (non-hydrogen) atoms. The van der Waals surface area contributed by atoms with Gasteiger partial charge in [-0.25, -0.2) is 0 Å². The molecule has 0 saturated carbocycles. The van der Waals surface area contributed by atoms with Crippen molar-refractivity contribution in [3.8, 4) is 5.75 Å². The van der Waals surface area contributed by atoms with Crippen molar-refractivity contribution in [2.75, 3.05) is 14.2 Å².